The Balaban J connectivity index is 2.00. The first-order valence-corrected chi connectivity index (χ1v) is 8.35. The molecule has 134 valence electrons. The van der Waals surface area contributed by atoms with Gasteiger partial charge < -0.3 is 24.6 Å². The molecule has 24 heavy (non-hydrogen) atoms. The second kappa shape index (κ2) is 8.35. The second-order valence-electron chi connectivity index (χ2n) is 6.92. The van der Waals surface area contributed by atoms with Crippen molar-refractivity contribution in [3.05, 3.63) is 29.8 Å². The summed E-state index contributed by atoms with van der Waals surface area (Å²) < 4.78 is 16.7. The molecule has 1 amide bonds. The molecule has 2 rings (SSSR count). The molecule has 1 aliphatic heterocycles. The van der Waals surface area contributed by atoms with Crippen LogP contribution in [0.4, 0.5) is 4.79 Å². The predicted molar refractivity (Wildman–Crippen MR) is 89.8 cm³/mol. The summed E-state index contributed by atoms with van der Waals surface area (Å²) in [5.74, 6) is 0.173. The van der Waals surface area contributed by atoms with E-state index in [-0.39, 0.29) is 24.7 Å². The van der Waals surface area contributed by atoms with Crippen LogP contribution in [0.25, 0.3) is 0 Å². The van der Waals surface area contributed by atoms with E-state index in [9.17, 15) is 9.90 Å². The molecule has 1 unspecified atom stereocenters. The Bertz CT molecular complexity index is 517. The van der Waals surface area contributed by atoms with E-state index < -0.39 is 11.7 Å². The molecule has 6 nitrogen and oxygen atoms in total. The van der Waals surface area contributed by atoms with Gasteiger partial charge in [-0.2, -0.15) is 0 Å². The van der Waals surface area contributed by atoms with Gasteiger partial charge in [0.1, 0.15) is 11.4 Å². The van der Waals surface area contributed by atoms with Gasteiger partial charge >= 0.3 is 6.09 Å². The summed E-state index contributed by atoms with van der Waals surface area (Å²) in [5, 5.41) is 12.3. The lowest BCUT2D eigenvalue weighted by molar-refractivity contribution is -0.166. The van der Waals surface area contributed by atoms with Gasteiger partial charge in [0.25, 0.3) is 0 Å². The summed E-state index contributed by atoms with van der Waals surface area (Å²) in [7, 11) is 0. The van der Waals surface area contributed by atoms with Crippen molar-refractivity contribution in [1.29, 1.82) is 0 Å². The summed E-state index contributed by atoms with van der Waals surface area (Å²) >= 11 is 0. The quantitative estimate of drug-likeness (QED) is 0.860. The Morgan fingerprint density at radius 3 is 2.62 bits per heavy atom. The highest BCUT2D eigenvalue weighted by molar-refractivity contribution is 5.68. The Hall–Kier alpha value is -1.79. The molecule has 1 saturated heterocycles. The lowest BCUT2D eigenvalue weighted by Crippen LogP contribution is -2.37. The first-order chi connectivity index (χ1) is 11.3. The van der Waals surface area contributed by atoms with Gasteiger partial charge in [-0.15, -0.1) is 0 Å². The SMILES string of the molecule is CC(C)(C)OC(=O)N[C@H](COC1CCCCO1)c1ccc(O)cc1. The van der Waals surface area contributed by atoms with Crippen LogP contribution in [-0.4, -0.2) is 36.3 Å². The number of aromatic hydroxyl groups is 1. The van der Waals surface area contributed by atoms with Gasteiger partial charge in [-0.1, -0.05) is 12.1 Å². The van der Waals surface area contributed by atoms with Gasteiger partial charge in [0.15, 0.2) is 6.29 Å². The Labute approximate surface area is 143 Å². The van der Waals surface area contributed by atoms with Crippen molar-refractivity contribution in [3.63, 3.8) is 0 Å². The number of phenolic OH excluding ortho intramolecular Hbond substituents is 1. The topological polar surface area (TPSA) is 77.0 Å². The van der Waals surface area contributed by atoms with Crippen LogP contribution >= 0.6 is 0 Å². The first-order valence-electron chi connectivity index (χ1n) is 8.35. The van der Waals surface area contributed by atoms with E-state index in [1.807, 2.05) is 20.8 Å². The van der Waals surface area contributed by atoms with E-state index in [0.29, 0.717) is 6.61 Å². The normalized spacial score (nSPS) is 19.5. The maximum Gasteiger partial charge on any atom is 0.408 e. The minimum atomic E-state index is -0.572. The van der Waals surface area contributed by atoms with E-state index >= 15 is 0 Å². The van der Waals surface area contributed by atoms with Crippen molar-refractivity contribution < 1.29 is 24.1 Å². The van der Waals surface area contributed by atoms with E-state index in [0.717, 1.165) is 24.8 Å². The van der Waals surface area contributed by atoms with Crippen LogP contribution in [0.15, 0.2) is 24.3 Å². The highest BCUT2D eigenvalue weighted by Gasteiger charge is 2.23. The van der Waals surface area contributed by atoms with Crippen molar-refractivity contribution >= 4 is 6.09 Å². The van der Waals surface area contributed by atoms with E-state index in [2.05, 4.69) is 5.32 Å². The highest BCUT2D eigenvalue weighted by atomic mass is 16.7. The molecule has 1 heterocycles. The Morgan fingerprint density at radius 1 is 1.33 bits per heavy atom. The van der Waals surface area contributed by atoms with Crippen LogP contribution in [0.5, 0.6) is 5.75 Å². The molecular weight excluding hydrogens is 310 g/mol. The molecule has 2 atom stereocenters. The summed E-state index contributed by atoms with van der Waals surface area (Å²) in [4.78, 5) is 12.1. The van der Waals surface area contributed by atoms with Crippen LogP contribution < -0.4 is 5.32 Å². The fourth-order valence-corrected chi connectivity index (χ4v) is 2.42. The average molecular weight is 337 g/mol. The number of hydrogen-bond acceptors (Lipinski definition) is 5. The number of phenols is 1. The van der Waals surface area contributed by atoms with Crippen LogP contribution in [0.2, 0.25) is 0 Å². The summed E-state index contributed by atoms with van der Waals surface area (Å²) in [5.41, 5.74) is 0.256. The third-order valence-electron chi connectivity index (χ3n) is 3.57. The zero-order valence-electron chi connectivity index (χ0n) is 14.6. The van der Waals surface area contributed by atoms with Gasteiger partial charge in [0, 0.05) is 6.61 Å². The Kier molecular flexibility index (Phi) is 6.45. The largest absolute Gasteiger partial charge is 0.508 e. The predicted octanol–water partition coefficient (Wildman–Crippen LogP) is 3.50. The monoisotopic (exact) mass is 337 g/mol. The van der Waals surface area contributed by atoms with Crippen LogP contribution in [0.3, 0.4) is 0 Å². The third kappa shape index (κ3) is 6.37. The average Bonchev–Trinajstić information content (AvgIpc) is 2.51. The van der Waals surface area contributed by atoms with E-state index in [1.165, 1.54) is 0 Å². The first kappa shape index (κ1) is 18.5. The minimum Gasteiger partial charge on any atom is -0.508 e. The number of rotatable bonds is 5. The fraction of sp³-hybridized carbons (Fsp3) is 0.611. The van der Waals surface area contributed by atoms with E-state index in [4.69, 9.17) is 14.2 Å². The highest BCUT2D eigenvalue weighted by Crippen LogP contribution is 2.21. The smallest absolute Gasteiger partial charge is 0.408 e. The van der Waals surface area contributed by atoms with Crippen molar-refractivity contribution in [2.24, 2.45) is 0 Å². The number of alkyl carbamates (subject to hydrolysis) is 1. The molecule has 1 aromatic carbocycles. The molecule has 0 aliphatic carbocycles. The molecule has 2 N–H and O–H groups in total. The van der Waals surface area contributed by atoms with Gasteiger partial charge in [-0.05, 0) is 57.7 Å². The van der Waals surface area contributed by atoms with Gasteiger partial charge in [-0.3, -0.25) is 0 Å². The lowest BCUT2D eigenvalue weighted by atomic mass is 10.1. The molecule has 0 radical (unpaired) electrons. The molecule has 0 bridgehead atoms. The third-order valence-corrected chi connectivity index (χ3v) is 3.57. The zero-order valence-corrected chi connectivity index (χ0v) is 14.6. The van der Waals surface area contributed by atoms with E-state index in [1.54, 1.807) is 24.3 Å². The van der Waals surface area contributed by atoms with Crippen molar-refractivity contribution in [2.75, 3.05) is 13.2 Å². The molecular formula is C18H27NO5. The van der Waals surface area contributed by atoms with Crippen LogP contribution in [-0.2, 0) is 14.2 Å². The number of amides is 1. The minimum absolute atomic E-state index is 0.173. The Morgan fingerprint density at radius 2 is 2.04 bits per heavy atom. The number of carbonyl (C=O) groups is 1. The fourth-order valence-electron chi connectivity index (χ4n) is 2.42. The van der Waals surface area contributed by atoms with Gasteiger partial charge in [0.2, 0.25) is 0 Å². The number of nitrogens with one attached hydrogen (secondary N) is 1. The summed E-state index contributed by atoms with van der Waals surface area (Å²) in [6.07, 6.45) is 2.24. The lowest BCUT2D eigenvalue weighted by Gasteiger charge is -2.27. The molecule has 0 saturated carbocycles. The summed E-state index contributed by atoms with van der Waals surface area (Å²) in [6, 6.07) is 6.28. The maximum atomic E-state index is 12.1. The molecule has 6 heteroatoms. The summed E-state index contributed by atoms with van der Waals surface area (Å²) in [6.45, 7) is 6.42. The standard InChI is InChI=1S/C18H27NO5/c1-18(2,3)24-17(21)19-15(13-7-9-14(20)10-8-13)12-23-16-6-4-5-11-22-16/h7-10,15-16,20H,4-6,11-12H2,1-3H3,(H,19,21)/t15-,16?/m1/s1. The van der Waals surface area contributed by atoms with Gasteiger partial charge in [0.05, 0.1) is 12.6 Å². The van der Waals surface area contributed by atoms with Crippen LogP contribution in [0, 0.1) is 0 Å². The van der Waals surface area contributed by atoms with Crippen molar-refractivity contribution in [2.45, 2.75) is 58.0 Å². The number of carbonyl (C=O) groups excluding carboxylic acids is 1. The number of hydrogen-bond donors (Lipinski definition) is 2. The molecule has 0 spiro atoms. The molecule has 0 aromatic heterocycles. The molecule has 1 aromatic rings. The van der Waals surface area contributed by atoms with Crippen LogP contribution in [0.1, 0.15) is 51.6 Å². The number of benzene rings is 1. The zero-order chi connectivity index (χ0) is 17.6. The second-order valence-corrected chi connectivity index (χ2v) is 6.92. The molecule has 1 fully saturated rings. The number of ether oxygens (including phenoxy) is 3. The van der Waals surface area contributed by atoms with Crippen molar-refractivity contribution in [3.8, 4) is 5.75 Å². The van der Waals surface area contributed by atoms with Crippen molar-refractivity contribution in [1.82, 2.24) is 5.32 Å². The molecule has 1 aliphatic rings. The maximum absolute atomic E-state index is 12.1. The van der Waals surface area contributed by atoms with Gasteiger partial charge in [-0.25, -0.2) is 4.79 Å².